The number of oxazole rings is 1. The monoisotopic (exact) mass is 219 g/mol. The quantitative estimate of drug-likeness (QED) is 0.804. The summed E-state index contributed by atoms with van der Waals surface area (Å²) in [6, 6.07) is 6.06. The molecule has 1 aromatic carbocycles. The minimum absolute atomic E-state index is 0.465. The fourth-order valence-corrected chi connectivity index (χ4v) is 1.48. The van der Waals surface area contributed by atoms with Crippen LogP contribution >= 0.6 is 0 Å². The van der Waals surface area contributed by atoms with E-state index in [1.807, 2.05) is 25.2 Å². The van der Waals surface area contributed by atoms with E-state index >= 15 is 0 Å². The molecule has 0 bridgehead atoms. The molecule has 1 heterocycles. The number of nitrogens with two attached hydrogens (primary N) is 1. The number of nitrogen functional groups attached to an aromatic ring is 1. The van der Waals surface area contributed by atoms with Crippen LogP contribution in [0.4, 0.5) is 5.69 Å². The van der Waals surface area contributed by atoms with Crippen LogP contribution in [0.25, 0.3) is 11.1 Å². The van der Waals surface area contributed by atoms with E-state index in [4.69, 9.17) is 10.2 Å². The van der Waals surface area contributed by atoms with Gasteiger partial charge in [-0.2, -0.15) is 0 Å². The average molecular weight is 219 g/mol. The number of hydrogen-bond donors (Lipinski definition) is 1. The van der Waals surface area contributed by atoms with Crippen molar-refractivity contribution in [1.82, 2.24) is 9.88 Å². The standard InChI is InChI=1S/C12H17N3O/c1-8(2)15(3)7-11-14-12-9(13)5-4-6-10(12)16-11/h4-6,8H,7,13H2,1-3H3. The molecule has 0 aliphatic heterocycles. The lowest BCUT2D eigenvalue weighted by Crippen LogP contribution is -2.25. The molecule has 0 amide bonds. The minimum Gasteiger partial charge on any atom is -0.439 e. The first-order valence-corrected chi connectivity index (χ1v) is 5.42. The van der Waals surface area contributed by atoms with Crippen LogP contribution in [0, 0.1) is 0 Å². The number of hydrogen-bond acceptors (Lipinski definition) is 4. The molecule has 0 saturated carbocycles. The number of para-hydroxylation sites is 1. The van der Waals surface area contributed by atoms with Crippen molar-refractivity contribution in [2.45, 2.75) is 26.4 Å². The van der Waals surface area contributed by atoms with Gasteiger partial charge in [0.15, 0.2) is 5.58 Å². The van der Waals surface area contributed by atoms with Crippen LogP contribution in [-0.4, -0.2) is 23.0 Å². The molecule has 0 unspecified atom stereocenters. The van der Waals surface area contributed by atoms with Crippen molar-refractivity contribution in [1.29, 1.82) is 0 Å². The van der Waals surface area contributed by atoms with Crippen LogP contribution in [0.1, 0.15) is 19.7 Å². The first-order valence-electron chi connectivity index (χ1n) is 5.42. The van der Waals surface area contributed by atoms with E-state index in [9.17, 15) is 0 Å². The summed E-state index contributed by atoms with van der Waals surface area (Å²) in [4.78, 5) is 6.57. The maximum Gasteiger partial charge on any atom is 0.209 e. The van der Waals surface area contributed by atoms with Gasteiger partial charge in [-0.05, 0) is 33.0 Å². The molecule has 2 rings (SSSR count). The number of rotatable bonds is 3. The molecule has 2 N–H and O–H groups in total. The maximum atomic E-state index is 5.82. The van der Waals surface area contributed by atoms with Gasteiger partial charge >= 0.3 is 0 Å². The normalized spacial score (nSPS) is 11.8. The zero-order valence-electron chi connectivity index (χ0n) is 9.90. The van der Waals surface area contributed by atoms with E-state index < -0.39 is 0 Å². The molecule has 0 aliphatic rings. The van der Waals surface area contributed by atoms with Crippen molar-refractivity contribution in [3.05, 3.63) is 24.1 Å². The van der Waals surface area contributed by atoms with Crippen molar-refractivity contribution < 1.29 is 4.42 Å². The molecule has 1 aromatic heterocycles. The Morgan fingerprint density at radius 1 is 1.44 bits per heavy atom. The number of benzene rings is 1. The van der Waals surface area contributed by atoms with E-state index in [2.05, 4.69) is 23.7 Å². The summed E-state index contributed by atoms with van der Waals surface area (Å²) in [6.45, 7) is 4.97. The summed E-state index contributed by atoms with van der Waals surface area (Å²) in [5.74, 6) is 0.712. The Morgan fingerprint density at radius 3 is 2.81 bits per heavy atom. The predicted octanol–water partition coefficient (Wildman–Crippen LogP) is 2.25. The van der Waals surface area contributed by atoms with Gasteiger partial charge in [0.05, 0.1) is 12.2 Å². The minimum atomic E-state index is 0.465. The Morgan fingerprint density at radius 2 is 2.19 bits per heavy atom. The lowest BCUT2D eigenvalue weighted by molar-refractivity contribution is 0.241. The molecular formula is C12H17N3O. The van der Waals surface area contributed by atoms with Crippen molar-refractivity contribution in [3.8, 4) is 0 Å². The van der Waals surface area contributed by atoms with E-state index in [-0.39, 0.29) is 0 Å². The van der Waals surface area contributed by atoms with E-state index in [0.29, 0.717) is 24.2 Å². The Kier molecular flexibility index (Phi) is 2.83. The SMILES string of the molecule is CC(C)N(C)Cc1nc2c(N)cccc2o1. The van der Waals surface area contributed by atoms with E-state index in [1.165, 1.54) is 0 Å². The van der Waals surface area contributed by atoms with Crippen LogP contribution < -0.4 is 5.73 Å². The highest BCUT2D eigenvalue weighted by Gasteiger charge is 2.11. The van der Waals surface area contributed by atoms with Crippen LogP contribution in [-0.2, 0) is 6.54 Å². The van der Waals surface area contributed by atoms with Crippen molar-refractivity contribution in [3.63, 3.8) is 0 Å². The largest absolute Gasteiger partial charge is 0.439 e. The van der Waals surface area contributed by atoms with Crippen LogP contribution in [0.5, 0.6) is 0 Å². The van der Waals surface area contributed by atoms with Crippen LogP contribution in [0.3, 0.4) is 0 Å². The molecule has 0 spiro atoms. The van der Waals surface area contributed by atoms with Crippen LogP contribution in [0.2, 0.25) is 0 Å². The van der Waals surface area contributed by atoms with Gasteiger partial charge in [-0.15, -0.1) is 0 Å². The van der Waals surface area contributed by atoms with E-state index in [1.54, 1.807) is 0 Å². The van der Waals surface area contributed by atoms with Gasteiger partial charge in [0.25, 0.3) is 0 Å². The second kappa shape index (κ2) is 4.14. The molecule has 0 radical (unpaired) electrons. The Balaban J connectivity index is 2.30. The van der Waals surface area contributed by atoms with Gasteiger partial charge < -0.3 is 10.2 Å². The topological polar surface area (TPSA) is 55.3 Å². The third-order valence-corrected chi connectivity index (χ3v) is 2.76. The maximum absolute atomic E-state index is 5.82. The smallest absolute Gasteiger partial charge is 0.209 e. The van der Waals surface area contributed by atoms with E-state index in [0.717, 1.165) is 11.1 Å². The van der Waals surface area contributed by atoms with Crippen molar-refractivity contribution in [2.75, 3.05) is 12.8 Å². The predicted molar refractivity (Wildman–Crippen MR) is 65.0 cm³/mol. The molecule has 0 aliphatic carbocycles. The van der Waals surface area contributed by atoms with Crippen molar-refractivity contribution in [2.24, 2.45) is 0 Å². The Bertz CT molecular complexity index is 490. The summed E-state index contributed by atoms with van der Waals surface area (Å²) in [7, 11) is 2.04. The third kappa shape index (κ3) is 2.02. The van der Waals surface area contributed by atoms with Gasteiger partial charge in [-0.1, -0.05) is 6.07 Å². The average Bonchev–Trinajstić information content (AvgIpc) is 2.61. The second-order valence-electron chi connectivity index (χ2n) is 4.31. The Labute approximate surface area is 95.1 Å². The lowest BCUT2D eigenvalue weighted by Gasteiger charge is -2.18. The molecule has 4 nitrogen and oxygen atoms in total. The number of anilines is 1. The van der Waals surface area contributed by atoms with Gasteiger partial charge in [-0.25, -0.2) is 4.98 Å². The van der Waals surface area contributed by atoms with Gasteiger partial charge in [0.1, 0.15) is 5.52 Å². The zero-order chi connectivity index (χ0) is 11.7. The summed E-state index contributed by atoms with van der Waals surface area (Å²) in [6.07, 6.45) is 0. The van der Waals surface area contributed by atoms with Gasteiger partial charge in [0, 0.05) is 6.04 Å². The third-order valence-electron chi connectivity index (χ3n) is 2.76. The molecule has 86 valence electrons. The van der Waals surface area contributed by atoms with Crippen molar-refractivity contribution >= 4 is 16.8 Å². The fourth-order valence-electron chi connectivity index (χ4n) is 1.48. The molecule has 2 aromatic rings. The summed E-state index contributed by atoms with van der Waals surface area (Å²) < 4.78 is 5.64. The first-order chi connectivity index (χ1) is 7.58. The van der Waals surface area contributed by atoms with Gasteiger partial charge in [-0.3, -0.25) is 4.90 Å². The number of aromatic nitrogens is 1. The first kappa shape index (κ1) is 11.0. The second-order valence-corrected chi connectivity index (χ2v) is 4.31. The summed E-state index contributed by atoms with van der Waals surface area (Å²) >= 11 is 0. The number of nitrogens with zero attached hydrogens (tertiary/aromatic N) is 2. The summed E-state index contributed by atoms with van der Waals surface area (Å²) in [5, 5.41) is 0. The molecule has 0 fully saturated rings. The molecule has 16 heavy (non-hydrogen) atoms. The number of fused-ring (bicyclic) bond motifs is 1. The Hall–Kier alpha value is -1.55. The highest BCUT2D eigenvalue weighted by molar-refractivity contribution is 5.85. The zero-order valence-corrected chi connectivity index (χ0v) is 9.90. The van der Waals surface area contributed by atoms with Gasteiger partial charge in [0.2, 0.25) is 5.89 Å². The summed E-state index contributed by atoms with van der Waals surface area (Å²) in [5.41, 5.74) is 8.01. The molecule has 0 atom stereocenters. The lowest BCUT2D eigenvalue weighted by atomic mass is 10.3. The molecule has 0 saturated heterocycles. The van der Waals surface area contributed by atoms with Crippen LogP contribution in [0.15, 0.2) is 22.6 Å². The fraction of sp³-hybridized carbons (Fsp3) is 0.417. The highest BCUT2D eigenvalue weighted by atomic mass is 16.3. The highest BCUT2D eigenvalue weighted by Crippen LogP contribution is 2.21. The molecule has 4 heteroatoms. The molecular weight excluding hydrogens is 202 g/mol.